The minimum atomic E-state index is -3.87. The molecule has 0 saturated carbocycles. The molecule has 9 nitrogen and oxygen atoms in total. The summed E-state index contributed by atoms with van der Waals surface area (Å²) in [6, 6.07) is 9.92. The molecule has 12 heteroatoms. The number of benzene rings is 2. The van der Waals surface area contributed by atoms with Crippen molar-refractivity contribution in [3.05, 3.63) is 52.8 Å². The molecule has 3 aromatic rings. The Balaban J connectivity index is 2.10. The number of fused-ring (bicyclic) bond motifs is 1. The molecule has 2 N–H and O–H groups in total. The summed E-state index contributed by atoms with van der Waals surface area (Å²) < 4.78 is 53.9. The number of thiazole rings is 1. The van der Waals surface area contributed by atoms with Crippen molar-refractivity contribution in [2.75, 3.05) is 20.0 Å². The highest BCUT2D eigenvalue weighted by Crippen LogP contribution is 2.21. The van der Waals surface area contributed by atoms with Crippen molar-refractivity contribution < 1.29 is 26.4 Å². The maximum absolute atomic E-state index is 12.6. The summed E-state index contributed by atoms with van der Waals surface area (Å²) in [5.74, 6) is -0.556. The Labute approximate surface area is 177 Å². The summed E-state index contributed by atoms with van der Waals surface area (Å²) in [6.07, 6.45) is 1.08. The zero-order chi connectivity index (χ0) is 22.1. The lowest BCUT2D eigenvalue weighted by atomic mass is 10.2. The van der Waals surface area contributed by atoms with Gasteiger partial charge in [-0.3, -0.25) is 4.79 Å². The van der Waals surface area contributed by atoms with Crippen LogP contribution in [-0.2, 0) is 31.1 Å². The standard InChI is InChI=1S/C18H19N3O6S3/c1-27-10-9-21-15-8-7-14(30(19,25)26)11-16(15)28-18(21)20-17(22)12-3-5-13(6-4-12)29(2,23)24/h3-8,11H,9-10H2,1-2H3,(H2,19,25,26). The Morgan fingerprint density at radius 3 is 2.30 bits per heavy atom. The molecule has 0 saturated heterocycles. The molecule has 2 aromatic carbocycles. The van der Waals surface area contributed by atoms with E-state index in [9.17, 15) is 21.6 Å². The van der Waals surface area contributed by atoms with Crippen molar-refractivity contribution in [1.29, 1.82) is 0 Å². The molecule has 0 spiro atoms. The number of sulfonamides is 1. The van der Waals surface area contributed by atoms with E-state index >= 15 is 0 Å². The van der Waals surface area contributed by atoms with Crippen molar-refractivity contribution in [2.24, 2.45) is 10.1 Å². The maximum atomic E-state index is 12.6. The van der Waals surface area contributed by atoms with Gasteiger partial charge in [-0.25, -0.2) is 22.0 Å². The molecule has 3 rings (SSSR count). The summed E-state index contributed by atoms with van der Waals surface area (Å²) in [6.45, 7) is 0.748. The Kier molecular flexibility index (Phi) is 6.24. The molecular weight excluding hydrogens is 450 g/mol. The van der Waals surface area contributed by atoms with Crippen LogP contribution in [0.3, 0.4) is 0 Å². The van der Waals surface area contributed by atoms with Crippen molar-refractivity contribution in [3.8, 4) is 0 Å². The van der Waals surface area contributed by atoms with Crippen LogP contribution >= 0.6 is 11.3 Å². The SMILES string of the molecule is COCCn1c(=NC(=O)c2ccc(S(C)(=O)=O)cc2)sc2cc(S(N)(=O)=O)ccc21. The third-order valence-corrected chi connectivity index (χ3v) is 7.31. The zero-order valence-electron chi connectivity index (χ0n) is 16.1. The summed E-state index contributed by atoms with van der Waals surface area (Å²) in [5, 5.41) is 5.20. The van der Waals surface area contributed by atoms with Gasteiger partial charge in [0.25, 0.3) is 5.91 Å². The lowest BCUT2D eigenvalue weighted by Crippen LogP contribution is -2.19. The molecule has 30 heavy (non-hydrogen) atoms. The number of amides is 1. The molecular formula is C18H19N3O6S3. The summed E-state index contributed by atoms with van der Waals surface area (Å²) in [7, 11) is -5.70. The summed E-state index contributed by atoms with van der Waals surface area (Å²) >= 11 is 1.14. The number of nitrogens with zero attached hydrogens (tertiary/aromatic N) is 2. The summed E-state index contributed by atoms with van der Waals surface area (Å²) in [5.41, 5.74) is 0.909. The van der Waals surface area contributed by atoms with E-state index in [0.29, 0.717) is 28.2 Å². The van der Waals surface area contributed by atoms with Crippen LogP contribution in [0.5, 0.6) is 0 Å². The van der Waals surface area contributed by atoms with Crippen LogP contribution in [0.4, 0.5) is 0 Å². The second-order valence-electron chi connectivity index (χ2n) is 6.42. The van der Waals surface area contributed by atoms with Crippen LogP contribution in [0.1, 0.15) is 10.4 Å². The van der Waals surface area contributed by atoms with Gasteiger partial charge in [-0.15, -0.1) is 0 Å². The number of sulfone groups is 1. The number of rotatable bonds is 6. The fraction of sp³-hybridized carbons (Fsp3) is 0.222. The molecule has 1 heterocycles. The van der Waals surface area contributed by atoms with Gasteiger partial charge in [0, 0.05) is 25.5 Å². The van der Waals surface area contributed by atoms with E-state index in [-0.39, 0.29) is 15.4 Å². The van der Waals surface area contributed by atoms with Crippen molar-refractivity contribution in [1.82, 2.24) is 4.57 Å². The first kappa shape index (κ1) is 22.3. The van der Waals surface area contributed by atoms with Crippen LogP contribution in [0.15, 0.2) is 57.2 Å². The number of hydrogen-bond donors (Lipinski definition) is 1. The lowest BCUT2D eigenvalue weighted by Gasteiger charge is -2.05. The van der Waals surface area contributed by atoms with Crippen molar-refractivity contribution in [3.63, 3.8) is 0 Å². The highest BCUT2D eigenvalue weighted by atomic mass is 32.2. The van der Waals surface area contributed by atoms with E-state index in [0.717, 1.165) is 17.6 Å². The number of aromatic nitrogens is 1. The number of carbonyl (C=O) groups excluding carboxylic acids is 1. The highest BCUT2D eigenvalue weighted by molar-refractivity contribution is 7.90. The average molecular weight is 470 g/mol. The minimum Gasteiger partial charge on any atom is -0.383 e. The van der Waals surface area contributed by atoms with Gasteiger partial charge in [0.15, 0.2) is 14.6 Å². The van der Waals surface area contributed by atoms with Gasteiger partial charge in [-0.1, -0.05) is 11.3 Å². The zero-order valence-corrected chi connectivity index (χ0v) is 18.6. The number of primary sulfonamides is 1. The van der Waals surface area contributed by atoms with Crippen LogP contribution in [0.2, 0.25) is 0 Å². The largest absolute Gasteiger partial charge is 0.383 e. The molecule has 1 amide bonds. The topological polar surface area (TPSA) is 138 Å². The molecule has 0 bridgehead atoms. The van der Waals surface area contributed by atoms with Crippen LogP contribution in [0, 0.1) is 0 Å². The minimum absolute atomic E-state index is 0.0376. The highest BCUT2D eigenvalue weighted by Gasteiger charge is 2.14. The third kappa shape index (κ3) is 4.84. The quantitative estimate of drug-likeness (QED) is 0.575. The molecule has 0 unspecified atom stereocenters. The van der Waals surface area contributed by atoms with Gasteiger partial charge < -0.3 is 9.30 Å². The fourth-order valence-corrected chi connectivity index (χ4v) is 5.05. The second-order valence-corrected chi connectivity index (χ2v) is 11.0. The smallest absolute Gasteiger partial charge is 0.279 e. The van der Waals surface area contributed by atoms with Crippen LogP contribution in [-0.4, -0.2) is 47.3 Å². The average Bonchev–Trinajstić information content (AvgIpc) is 3.01. The molecule has 160 valence electrons. The Bertz CT molecular complexity index is 1390. The van der Waals surface area contributed by atoms with E-state index in [1.165, 1.54) is 36.4 Å². The molecule has 1 aromatic heterocycles. The first-order valence-corrected chi connectivity index (χ1v) is 12.8. The predicted octanol–water partition coefficient (Wildman–Crippen LogP) is 1.14. The first-order valence-electron chi connectivity index (χ1n) is 8.55. The Morgan fingerprint density at radius 1 is 1.10 bits per heavy atom. The molecule has 0 atom stereocenters. The van der Waals surface area contributed by atoms with E-state index in [2.05, 4.69) is 4.99 Å². The van der Waals surface area contributed by atoms with Gasteiger partial charge in [-0.05, 0) is 42.5 Å². The van der Waals surface area contributed by atoms with Crippen molar-refractivity contribution in [2.45, 2.75) is 16.3 Å². The summed E-state index contributed by atoms with van der Waals surface area (Å²) in [4.78, 5) is 17.2. The molecule has 0 radical (unpaired) electrons. The van der Waals surface area contributed by atoms with Gasteiger partial charge in [0.1, 0.15) is 0 Å². The second kappa shape index (κ2) is 8.40. The lowest BCUT2D eigenvalue weighted by molar-refractivity contribution is 0.0997. The number of carbonyl (C=O) groups is 1. The number of ether oxygens (including phenoxy) is 1. The Hall–Kier alpha value is -2.38. The number of nitrogens with two attached hydrogens (primary N) is 1. The maximum Gasteiger partial charge on any atom is 0.279 e. The van der Waals surface area contributed by atoms with Gasteiger partial charge in [-0.2, -0.15) is 4.99 Å². The molecule has 0 aliphatic rings. The van der Waals surface area contributed by atoms with E-state index in [4.69, 9.17) is 9.88 Å². The van der Waals surface area contributed by atoms with Gasteiger partial charge >= 0.3 is 0 Å². The van der Waals surface area contributed by atoms with Gasteiger partial charge in [0.2, 0.25) is 10.0 Å². The van der Waals surface area contributed by atoms with E-state index in [1.807, 2.05) is 0 Å². The normalized spacial score (nSPS) is 13.1. The number of hydrogen-bond acceptors (Lipinski definition) is 7. The monoisotopic (exact) mass is 469 g/mol. The van der Waals surface area contributed by atoms with E-state index in [1.54, 1.807) is 17.7 Å². The molecule has 0 fully saturated rings. The predicted molar refractivity (Wildman–Crippen MR) is 113 cm³/mol. The van der Waals surface area contributed by atoms with Gasteiger partial charge in [0.05, 0.1) is 26.6 Å². The Morgan fingerprint density at radius 2 is 1.73 bits per heavy atom. The van der Waals surface area contributed by atoms with E-state index < -0.39 is 25.8 Å². The van der Waals surface area contributed by atoms with Crippen LogP contribution in [0.25, 0.3) is 10.2 Å². The first-order chi connectivity index (χ1) is 14.0. The third-order valence-electron chi connectivity index (χ3n) is 4.23. The molecule has 0 aliphatic carbocycles. The fourth-order valence-electron chi connectivity index (χ4n) is 2.71. The van der Waals surface area contributed by atoms with Crippen LogP contribution < -0.4 is 9.94 Å². The van der Waals surface area contributed by atoms with Crippen molar-refractivity contribution >= 4 is 47.3 Å². The molecule has 0 aliphatic heterocycles. The number of methoxy groups -OCH3 is 1.